The number of hydrogen-bond donors (Lipinski definition) is 0. The smallest absolute Gasteiger partial charge is 0.309 e. The van der Waals surface area contributed by atoms with Crippen LogP contribution in [0.4, 0.5) is 0 Å². The highest BCUT2D eigenvalue weighted by molar-refractivity contribution is 5.98. The number of benzene rings is 1. The van der Waals surface area contributed by atoms with Crippen molar-refractivity contribution in [1.82, 2.24) is 0 Å². The highest BCUT2D eigenvalue weighted by Gasteiger charge is 2.41. The average molecular weight is 340 g/mol. The van der Waals surface area contributed by atoms with Gasteiger partial charge in [0.15, 0.2) is 12.4 Å². The van der Waals surface area contributed by atoms with Gasteiger partial charge in [-0.2, -0.15) is 0 Å². The van der Waals surface area contributed by atoms with Gasteiger partial charge < -0.3 is 4.74 Å². The fourth-order valence-electron chi connectivity index (χ4n) is 4.76. The molecule has 1 unspecified atom stereocenters. The quantitative estimate of drug-likeness (QED) is 0.623. The number of rotatable bonds is 4. The number of carbonyl (C=O) groups is 3. The normalized spacial score (nSPS) is 27.7. The first kappa shape index (κ1) is 16.5. The summed E-state index contributed by atoms with van der Waals surface area (Å²) in [5.74, 6) is -0.283. The molecule has 0 amide bonds. The molecule has 2 fully saturated rings. The molecule has 2 bridgehead atoms. The van der Waals surface area contributed by atoms with E-state index < -0.39 is 0 Å². The van der Waals surface area contributed by atoms with Crippen molar-refractivity contribution in [3.05, 3.63) is 34.9 Å². The van der Waals surface area contributed by atoms with Gasteiger partial charge in [-0.15, -0.1) is 0 Å². The minimum absolute atomic E-state index is 0.0254. The van der Waals surface area contributed by atoms with Crippen molar-refractivity contribution in [1.29, 1.82) is 0 Å². The second-order valence-electron chi connectivity index (χ2n) is 7.76. The van der Waals surface area contributed by atoms with Gasteiger partial charge in [-0.3, -0.25) is 14.4 Å². The van der Waals surface area contributed by atoms with Crippen LogP contribution in [0.3, 0.4) is 0 Å². The van der Waals surface area contributed by atoms with E-state index in [4.69, 9.17) is 4.74 Å². The van der Waals surface area contributed by atoms with E-state index in [0.717, 1.165) is 38.5 Å². The van der Waals surface area contributed by atoms with E-state index in [1.165, 1.54) is 11.1 Å². The van der Waals surface area contributed by atoms with Crippen molar-refractivity contribution in [2.75, 3.05) is 6.61 Å². The minimum Gasteiger partial charge on any atom is -0.457 e. The Labute approximate surface area is 147 Å². The van der Waals surface area contributed by atoms with Crippen molar-refractivity contribution >= 4 is 17.5 Å². The van der Waals surface area contributed by atoms with E-state index in [1.807, 2.05) is 18.2 Å². The molecule has 3 aliphatic rings. The maximum Gasteiger partial charge on any atom is 0.309 e. The van der Waals surface area contributed by atoms with E-state index >= 15 is 0 Å². The number of carbonyl (C=O) groups excluding carboxylic acids is 3. The fraction of sp³-hybridized carbons (Fsp3) is 0.571. The number of esters is 1. The third-order valence-corrected chi connectivity index (χ3v) is 6.15. The first-order valence-electron chi connectivity index (χ1n) is 9.47. The van der Waals surface area contributed by atoms with Gasteiger partial charge in [0.1, 0.15) is 5.78 Å². The Bertz CT molecular complexity index is 705. The van der Waals surface area contributed by atoms with Crippen LogP contribution in [0.15, 0.2) is 18.2 Å². The number of aryl methyl sites for hydroxylation is 2. The van der Waals surface area contributed by atoms with Crippen LogP contribution in [0.25, 0.3) is 0 Å². The van der Waals surface area contributed by atoms with Gasteiger partial charge in [0.2, 0.25) is 0 Å². The Morgan fingerprint density at radius 2 is 1.72 bits per heavy atom. The van der Waals surface area contributed by atoms with Crippen LogP contribution >= 0.6 is 0 Å². The zero-order valence-corrected chi connectivity index (χ0v) is 14.5. The van der Waals surface area contributed by atoms with Crippen LogP contribution in [-0.4, -0.2) is 24.1 Å². The summed E-state index contributed by atoms with van der Waals surface area (Å²) in [7, 11) is 0. The van der Waals surface area contributed by atoms with Gasteiger partial charge in [0.25, 0.3) is 0 Å². The summed E-state index contributed by atoms with van der Waals surface area (Å²) in [5, 5.41) is 0. The lowest BCUT2D eigenvalue weighted by Gasteiger charge is -2.36. The first-order valence-corrected chi connectivity index (χ1v) is 9.47. The van der Waals surface area contributed by atoms with Crippen molar-refractivity contribution < 1.29 is 19.1 Å². The third-order valence-electron chi connectivity index (χ3n) is 6.15. The molecule has 0 aromatic heterocycles. The second-order valence-corrected chi connectivity index (χ2v) is 7.76. The molecule has 1 aromatic carbocycles. The Morgan fingerprint density at radius 1 is 1.00 bits per heavy atom. The number of ether oxygens (including phenoxy) is 1. The Morgan fingerprint density at radius 3 is 2.48 bits per heavy atom. The monoisotopic (exact) mass is 340 g/mol. The lowest BCUT2D eigenvalue weighted by Crippen LogP contribution is -2.39. The predicted octanol–water partition coefficient (Wildman–Crippen LogP) is 3.30. The van der Waals surface area contributed by atoms with Gasteiger partial charge in [0, 0.05) is 17.4 Å². The van der Waals surface area contributed by atoms with E-state index in [0.29, 0.717) is 24.2 Å². The molecule has 1 aromatic rings. The molecule has 0 N–H and O–H groups in total. The Hall–Kier alpha value is -1.97. The maximum absolute atomic E-state index is 12.4. The van der Waals surface area contributed by atoms with Crippen LogP contribution in [-0.2, 0) is 27.2 Å². The van der Waals surface area contributed by atoms with Crippen LogP contribution < -0.4 is 0 Å². The van der Waals surface area contributed by atoms with Gasteiger partial charge in [0.05, 0.1) is 5.92 Å². The largest absolute Gasteiger partial charge is 0.457 e. The number of fused-ring (bicyclic) bond motifs is 3. The van der Waals surface area contributed by atoms with E-state index in [-0.39, 0.29) is 36.1 Å². The molecule has 3 aliphatic carbocycles. The molecule has 0 saturated heterocycles. The third kappa shape index (κ3) is 3.26. The molecule has 4 rings (SSSR count). The molecule has 0 radical (unpaired) electrons. The molecule has 2 saturated carbocycles. The zero-order valence-electron chi connectivity index (χ0n) is 14.5. The molecule has 0 heterocycles. The topological polar surface area (TPSA) is 60.4 Å². The van der Waals surface area contributed by atoms with Crippen molar-refractivity contribution in [2.24, 2.45) is 17.8 Å². The summed E-state index contributed by atoms with van der Waals surface area (Å²) in [5.41, 5.74) is 3.20. The minimum atomic E-state index is -0.307. The van der Waals surface area contributed by atoms with Crippen molar-refractivity contribution in [3.63, 3.8) is 0 Å². The number of ketones is 2. The zero-order chi connectivity index (χ0) is 17.4. The lowest BCUT2D eigenvalue weighted by atomic mass is 9.67. The van der Waals surface area contributed by atoms with Gasteiger partial charge >= 0.3 is 5.97 Å². The van der Waals surface area contributed by atoms with E-state index in [1.54, 1.807) is 0 Å². The van der Waals surface area contributed by atoms with Crippen LogP contribution in [0.1, 0.15) is 60.0 Å². The molecule has 3 atom stereocenters. The van der Waals surface area contributed by atoms with Gasteiger partial charge in [-0.05, 0) is 62.1 Å². The molecular weight excluding hydrogens is 316 g/mol. The van der Waals surface area contributed by atoms with Crippen LogP contribution in [0.5, 0.6) is 0 Å². The van der Waals surface area contributed by atoms with Crippen molar-refractivity contribution in [3.8, 4) is 0 Å². The van der Waals surface area contributed by atoms with Crippen LogP contribution in [0, 0.1) is 17.8 Å². The van der Waals surface area contributed by atoms with E-state index in [9.17, 15) is 14.4 Å². The predicted molar refractivity (Wildman–Crippen MR) is 92.3 cm³/mol. The number of Topliss-reactive ketones (excluding diaryl/α,β-unsaturated/α-hetero) is 2. The Kier molecular flexibility index (Phi) is 4.45. The molecule has 132 valence electrons. The van der Waals surface area contributed by atoms with Crippen LogP contribution in [0.2, 0.25) is 0 Å². The highest BCUT2D eigenvalue weighted by atomic mass is 16.5. The summed E-state index contributed by atoms with van der Waals surface area (Å²) >= 11 is 0. The maximum atomic E-state index is 12.4. The van der Waals surface area contributed by atoms with Gasteiger partial charge in [-0.1, -0.05) is 18.6 Å². The molecule has 0 spiro atoms. The fourth-order valence-corrected chi connectivity index (χ4v) is 4.76. The second kappa shape index (κ2) is 6.74. The summed E-state index contributed by atoms with van der Waals surface area (Å²) < 4.78 is 5.32. The standard InChI is InChI=1S/C21H24O4/c22-19(15-8-7-13-3-1-4-14(13)9-15)12-25-21(24)18-10-16-5-2-6-17(11-18)20(16)23/h7-9,16-18H,1-6,10-12H2/t16-,17+,18?. The summed E-state index contributed by atoms with van der Waals surface area (Å²) in [6, 6.07) is 5.80. The number of hydrogen-bond acceptors (Lipinski definition) is 4. The van der Waals surface area contributed by atoms with Gasteiger partial charge in [-0.25, -0.2) is 0 Å². The molecule has 4 nitrogen and oxygen atoms in total. The lowest BCUT2D eigenvalue weighted by molar-refractivity contribution is -0.152. The molecule has 0 aliphatic heterocycles. The van der Waals surface area contributed by atoms with Crippen molar-refractivity contribution in [2.45, 2.75) is 51.4 Å². The van der Waals surface area contributed by atoms with E-state index in [2.05, 4.69) is 0 Å². The highest BCUT2D eigenvalue weighted by Crippen LogP contribution is 2.40. The molecular formula is C21H24O4. The average Bonchev–Trinajstić information content (AvgIpc) is 3.06. The summed E-state index contributed by atoms with van der Waals surface area (Å²) in [6.45, 7) is -0.197. The summed E-state index contributed by atoms with van der Waals surface area (Å²) in [6.07, 6.45) is 7.32. The molecule has 4 heteroatoms. The Balaban J connectivity index is 1.34. The SMILES string of the molecule is O=C(COC(=O)C1C[C@H]2CCC[C@@H](C1)C2=O)c1ccc2c(c1)CCC2. The summed E-state index contributed by atoms with van der Waals surface area (Å²) in [4.78, 5) is 36.8. The molecule has 25 heavy (non-hydrogen) atoms. The first-order chi connectivity index (χ1) is 12.1.